The van der Waals surface area contributed by atoms with Crippen molar-refractivity contribution in [1.29, 1.82) is 0 Å². The van der Waals surface area contributed by atoms with Gasteiger partial charge in [-0.1, -0.05) is 0 Å². The predicted molar refractivity (Wildman–Crippen MR) is 70.3 cm³/mol. The second-order valence-corrected chi connectivity index (χ2v) is 4.85. The molecule has 17 heavy (non-hydrogen) atoms. The molecule has 1 aliphatic heterocycles. The SMILES string of the molecule is CNC(C)C1CCCCN1c1cc(C)ncn1. The lowest BCUT2D eigenvalue weighted by Gasteiger charge is -2.40. The fourth-order valence-electron chi connectivity index (χ4n) is 2.55. The van der Waals surface area contributed by atoms with Gasteiger partial charge in [-0.2, -0.15) is 0 Å². The van der Waals surface area contributed by atoms with Crippen LogP contribution < -0.4 is 10.2 Å². The first-order valence-electron chi connectivity index (χ1n) is 6.45. The van der Waals surface area contributed by atoms with Gasteiger partial charge in [0.2, 0.25) is 0 Å². The third kappa shape index (κ3) is 2.75. The molecule has 1 aliphatic rings. The standard InChI is InChI=1S/C13H22N4/c1-10-8-13(16-9-15-10)17-7-5-4-6-12(17)11(2)14-3/h8-9,11-12,14H,4-7H2,1-3H3. The number of likely N-dealkylation sites (N-methyl/N-ethyl adjacent to an activating group) is 1. The molecular formula is C13H22N4. The first-order chi connectivity index (χ1) is 8.22. The van der Waals surface area contributed by atoms with Gasteiger partial charge in [0.1, 0.15) is 12.1 Å². The molecule has 1 fully saturated rings. The summed E-state index contributed by atoms with van der Waals surface area (Å²) in [6, 6.07) is 3.12. The van der Waals surface area contributed by atoms with E-state index in [0.717, 1.165) is 18.1 Å². The fourth-order valence-corrected chi connectivity index (χ4v) is 2.55. The van der Waals surface area contributed by atoms with Crippen LogP contribution in [0.2, 0.25) is 0 Å². The Labute approximate surface area is 103 Å². The van der Waals surface area contributed by atoms with Crippen molar-refractivity contribution in [1.82, 2.24) is 15.3 Å². The number of hydrogen-bond acceptors (Lipinski definition) is 4. The van der Waals surface area contributed by atoms with Crippen molar-refractivity contribution >= 4 is 5.82 Å². The molecule has 4 nitrogen and oxygen atoms in total. The van der Waals surface area contributed by atoms with E-state index in [9.17, 15) is 0 Å². The van der Waals surface area contributed by atoms with E-state index in [0.29, 0.717) is 12.1 Å². The number of nitrogens with zero attached hydrogens (tertiary/aromatic N) is 3. The number of hydrogen-bond donors (Lipinski definition) is 1. The third-order valence-electron chi connectivity index (χ3n) is 3.67. The van der Waals surface area contributed by atoms with Crippen LogP contribution in [-0.4, -0.2) is 35.6 Å². The largest absolute Gasteiger partial charge is 0.352 e. The lowest BCUT2D eigenvalue weighted by Crippen LogP contribution is -2.50. The summed E-state index contributed by atoms with van der Waals surface area (Å²) >= 11 is 0. The Bertz CT molecular complexity index is 366. The van der Waals surface area contributed by atoms with Gasteiger partial charge in [-0.25, -0.2) is 9.97 Å². The first-order valence-corrected chi connectivity index (χ1v) is 6.45. The minimum atomic E-state index is 0.491. The lowest BCUT2D eigenvalue weighted by atomic mass is 9.96. The van der Waals surface area contributed by atoms with E-state index in [2.05, 4.69) is 33.2 Å². The number of nitrogens with one attached hydrogen (secondary N) is 1. The summed E-state index contributed by atoms with van der Waals surface area (Å²) in [4.78, 5) is 11.0. The highest BCUT2D eigenvalue weighted by Gasteiger charge is 2.27. The van der Waals surface area contributed by atoms with E-state index < -0.39 is 0 Å². The number of anilines is 1. The minimum Gasteiger partial charge on any atom is -0.352 e. The van der Waals surface area contributed by atoms with E-state index in [1.165, 1.54) is 19.3 Å². The van der Waals surface area contributed by atoms with Crippen LogP contribution >= 0.6 is 0 Å². The molecule has 1 N–H and O–H groups in total. The molecule has 0 spiro atoms. The first kappa shape index (κ1) is 12.3. The summed E-state index contributed by atoms with van der Waals surface area (Å²) in [7, 11) is 2.03. The van der Waals surface area contributed by atoms with Crippen molar-refractivity contribution in [3.05, 3.63) is 18.1 Å². The fraction of sp³-hybridized carbons (Fsp3) is 0.692. The quantitative estimate of drug-likeness (QED) is 0.865. The van der Waals surface area contributed by atoms with Crippen molar-refractivity contribution in [3.63, 3.8) is 0 Å². The summed E-state index contributed by atoms with van der Waals surface area (Å²) in [6.07, 6.45) is 5.48. The van der Waals surface area contributed by atoms with Gasteiger partial charge >= 0.3 is 0 Å². The van der Waals surface area contributed by atoms with Crippen LogP contribution in [-0.2, 0) is 0 Å². The minimum absolute atomic E-state index is 0.491. The van der Waals surface area contributed by atoms with Gasteiger partial charge in [0, 0.05) is 30.4 Å². The van der Waals surface area contributed by atoms with Crippen molar-refractivity contribution < 1.29 is 0 Å². The highest BCUT2D eigenvalue weighted by Crippen LogP contribution is 2.24. The van der Waals surface area contributed by atoms with E-state index >= 15 is 0 Å². The van der Waals surface area contributed by atoms with Gasteiger partial charge in [0.25, 0.3) is 0 Å². The molecule has 0 amide bonds. The van der Waals surface area contributed by atoms with Crippen LogP contribution in [0.15, 0.2) is 12.4 Å². The summed E-state index contributed by atoms with van der Waals surface area (Å²) in [5, 5.41) is 3.36. The molecule has 2 unspecified atom stereocenters. The normalized spacial score (nSPS) is 22.5. The summed E-state index contributed by atoms with van der Waals surface area (Å²) in [5.41, 5.74) is 1.04. The van der Waals surface area contributed by atoms with Crippen molar-refractivity contribution in [2.75, 3.05) is 18.5 Å². The summed E-state index contributed by atoms with van der Waals surface area (Å²) in [5.74, 6) is 1.07. The molecule has 0 saturated carbocycles. The average Bonchev–Trinajstić information content (AvgIpc) is 2.38. The van der Waals surface area contributed by atoms with Crippen LogP contribution in [0.3, 0.4) is 0 Å². The van der Waals surface area contributed by atoms with E-state index in [1.807, 2.05) is 14.0 Å². The second-order valence-electron chi connectivity index (χ2n) is 4.85. The molecule has 0 radical (unpaired) electrons. The molecule has 1 saturated heterocycles. The maximum Gasteiger partial charge on any atom is 0.132 e. The van der Waals surface area contributed by atoms with Crippen LogP contribution in [0.5, 0.6) is 0 Å². The topological polar surface area (TPSA) is 41.0 Å². The lowest BCUT2D eigenvalue weighted by molar-refractivity contribution is 0.380. The predicted octanol–water partition coefficient (Wildman–Crippen LogP) is 1.75. The summed E-state index contributed by atoms with van der Waals surface area (Å²) in [6.45, 7) is 5.37. The Balaban J connectivity index is 2.21. The maximum absolute atomic E-state index is 4.42. The zero-order chi connectivity index (χ0) is 12.3. The molecule has 2 rings (SSSR count). The van der Waals surface area contributed by atoms with Crippen LogP contribution in [0.4, 0.5) is 5.82 Å². The van der Waals surface area contributed by atoms with Gasteiger partial charge in [0.05, 0.1) is 0 Å². The van der Waals surface area contributed by atoms with Gasteiger partial charge in [-0.15, -0.1) is 0 Å². The molecule has 94 valence electrons. The molecular weight excluding hydrogens is 212 g/mol. The maximum atomic E-state index is 4.42. The Hall–Kier alpha value is -1.16. The van der Waals surface area contributed by atoms with Gasteiger partial charge in [0.15, 0.2) is 0 Å². The van der Waals surface area contributed by atoms with Crippen molar-refractivity contribution in [3.8, 4) is 0 Å². The number of aromatic nitrogens is 2. The zero-order valence-corrected chi connectivity index (χ0v) is 11.0. The van der Waals surface area contributed by atoms with E-state index in [1.54, 1.807) is 6.33 Å². The highest BCUT2D eigenvalue weighted by molar-refractivity contribution is 5.41. The average molecular weight is 234 g/mol. The number of rotatable bonds is 3. The monoisotopic (exact) mass is 234 g/mol. The van der Waals surface area contributed by atoms with Crippen LogP contribution in [0.25, 0.3) is 0 Å². The van der Waals surface area contributed by atoms with Crippen LogP contribution in [0.1, 0.15) is 31.9 Å². The molecule has 2 heterocycles. The van der Waals surface area contributed by atoms with Crippen molar-refractivity contribution in [2.24, 2.45) is 0 Å². The Morgan fingerprint density at radius 2 is 2.24 bits per heavy atom. The second kappa shape index (κ2) is 5.45. The Kier molecular flexibility index (Phi) is 3.94. The molecule has 1 aromatic heterocycles. The molecule has 4 heteroatoms. The van der Waals surface area contributed by atoms with Crippen LogP contribution in [0, 0.1) is 6.92 Å². The molecule has 1 aromatic rings. The molecule has 2 atom stereocenters. The van der Waals surface area contributed by atoms with E-state index in [-0.39, 0.29) is 0 Å². The van der Waals surface area contributed by atoms with Crippen molar-refractivity contribution in [2.45, 2.75) is 45.2 Å². The molecule has 0 aromatic carbocycles. The van der Waals surface area contributed by atoms with Gasteiger partial charge < -0.3 is 10.2 Å². The number of aryl methyl sites for hydroxylation is 1. The van der Waals surface area contributed by atoms with E-state index in [4.69, 9.17) is 0 Å². The van der Waals surface area contributed by atoms with Gasteiger partial charge in [-0.3, -0.25) is 0 Å². The number of piperidine rings is 1. The molecule has 0 aliphatic carbocycles. The summed E-state index contributed by atoms with van der Waals surface area (Å²) < 4.78 is 0. The zero-order valence-electron chi connectivity index (χ0n) is 11.0. The third-order valence-corrected chi connectivity index (χ3v) is 3.67. The molecule has 0 bridgehead atoms. The Morgan fingerprint density at radius 1 is 1.41 bits per heavy atom. The van der Waals surface area contributed by atoms with Gasteiger partial charge in [-0.05, 0) is 40.2 Å². The smallest absolute Gasteiger partial charge is 0.132 e. The highest BCUT2D eigenvalue weighted by atomic mass is 15.2. The Morgan fingerprint density at radius 3 is 2.94 bits per heavy atom.